The van der Waals surface area contributed by atoms with Gasteiger partial charge in [-0.2, -0.15) is 0 Å². The van der Waals surface area contributed by atoms with Gasteiger partial charge in [-0.05, 0) is 19.0 Å². The number of nitrogens with zero attached hydrogens (tertiary/aromatic N) is 1. The van der Waals surface area contributed by atoms with Crippen molar-refractivity contribution in [2.24, 2.45) is 0 Å². The third-order valence-corrected chi connectivity index (χ3v) is 13.1. The van der Waals surface area contributed by atoms with Crippen LogP contribution in [0.4, 0.5) is 0 Å². The molecule has 1 heterocycles. The number of ether oxygens (including phenoxy) is 1. The third kappa shape index (κ3) is 2.78. The molecule has 3 nitrogen and oxygen atoms in total. The average Bonchev–Trinajstić information content (AvgIpc) is 2.29. The summed E-state index contributed by atoms with van der Waals surface area (Å²) in [5.74, 6) is 0.0838. The highest BCUT2D eigenvalue weighted by Crippen LogP contribution is 2.37. The maximum absolute atomic E-state index is 9.62. The van der Waals surface area contributed by atoms with E-state index in [1.807, 2.05) is 13.1 Å². The van der Waals surface area contributed by atoms with Crippen molar-refractivity contribution >= 4 is 16.5 Å². The van der Waals surface area contributed by atoms with Crippen LogP contribution >= 0.6 is 0 Å². The van der Waals surface area contributed by atoms with E-state index in [0.717, 1.165) is 0 Å². The molecular formula is C10H23NO2Si2. The molecule has 0 atom stereocenters. The van der Waals surface area contributed by atoms with Crippen molar-refractivity contribution in [3.8, 4) is 0 Å². The lowest BCUT2D eigenvalue weighted by atomic mass is 10.8. The first-order valence-corrected chi connectivity index (χ1v) is 11.9. The summed E-state index contributed by atoms with van der Waals surface area (Å²) in [6.45, 7) is 11.9. The van der Waals surface area contributed by atoms with Gasteiger partial charge in [-0.25, -0.2) is 0 Å². The van der Waals surface area contributed by atoms with Crippen LogP contribution in [0.2, 0.25) is 38.3 Å². The van der Waals surface area contributed by atoms with Crippen molar-refractivity contribution in [2.75, 3.05) is 6.61 Å². The minimum atomic E-state index is -1.32. The Morgan fingerprint density at radius 2 is 1.73 bits per heavy atom. The Kier molecular flexibility index (Phi) is 3.55. The molecule has 1 rings (SSSR count). The van der Waals surface area contributed by atoms with Gasteiger partial charge < -0.3 is 14.1 Å². The smallest absolute Gasteiger partial charge is 0.291 e. The monoisotopic (exact) mass is 245 g/mol. The summed E-state index contributed by atoms with van der Waals surface area (Å²) in [7, 11) is -2.64. The predicted octanol–water partition coefficient (Wildman–Crippen LogP) is 3.11. The maximum Gasteiger partial charge on any atom is 0.291 e. The van der Waals surface area contributed by atoms with Crippen molar-refractivity contribution in [3.63, 3.8) is 0 Å². The third-order valence-electron chi connectivity index (χ3n) is 3.18. The molecule has 0 aliphatic carbocycles. The summed E-state index contributed by atoms with van der Waals surface area (Å²) in [5, 5.41) is 9.62. The Morgan fingerprint density at radius 1 is 1.27 bits per heavy atom. The van der Waals surface area contributed by atoms with E-state index in [-0.39, 0.29) is 5.95 Å². The van der Waals surface area contributed by atoms with E-state index in [1.165, 1.54) is 12.1 Å². The van der Waals surface area contributed by atoms with Gasteiger partial charge in [0.15, 0.2) is 0 Å². The number of hydrogen-bond donors (Lipinski definition) is 1. The number of rotatable bonds is 3. The summed E-state index contributed by atoms with van der Waals surface area (Å²) in [6, 6.07) is 2.67. The first-order chi connectivity index (χ1) is 6.79. The molecule has 0 aromatic carbocycles. The van der Waals surface area contributed by atoms with Crippen molar-refractivity contribution in [1.82, 2.24) is 4.23 Å². The van der Waals surface area contributed by atoms with Crippen LogP contribution in [0.25, 0.3) is 0 Å². The minimum Gasteiger partial charge on any atom is -0.480 e. The zero-order valence-corrected chi connectivity index (χ0v) is 12.5. The summed E-state index contributed by atoms with van der Waals surface area (Å²) in [5.41, 5.74) is 0. The summed E-state index contributed by atoms with van der Waals surface area (Å²) >= 11 is 0. The van der Waals surface area contributed by atoms with Crippen LogP contribution in [0.1, 0.15) is 6.92 Å². The molecule has 1 N–H and O–H groups in total. The normalized spacial score (nSPS) is 24.3. The Bertz CT molecular complexity index is 248. The van der Waals surface area contributed by atoms with Gasteiger partial charge in [-0.3, -0.25) is 0 Å². The van der Waals surface area contributed by atoms with E-state index >= 15 is 0 Å². The van der Waals surface area contributed by atoms with E-state index in [2.05, 4.69) is 30.4 Å². The van der Waals surface area contributed by atoms with E-state index in [9.17, 15) is 5.11 Å². The lowest BCUT2D eigenvalue weighted by molar-refractivity contribution is 0.0987. The largest absolute Gasteiger partial charge is 0.480 e. The second-order valence-electron chi connectivity index (χ2n) is 5.40. The summed E-state index contributed by atoms with van der Waals surface area (Å²) < 4.78 is 7.59. The standard InChI is InChI=1S/C10H23NO2Si2/c1-6-13-10(12)9-11-14(2,3)7-8-15(11,4)5/h9,12H,6-8H2,1-5H3/b10-9-. The highest BCUT2D eigenvalue weighted by atomic mass is 28.4. The van der Waals surface area contributed by atoms with Gasteiger partial charge in [0, 0.05) is 0 Å². The predicted molar refractivity (Wildman–Crippen MR) is 68.8 cm³/mol. The van der Waals surface area contributed by atoms with Gasteiger partial charge in [0.1, 0.15) is 16.5 Å². The first-order valence-electron chi connectivity index (χ1n) is 5.62. The topological polar surface area (TPSA) is 32.7 Å². The summed E-state index contributed by atoms with van der Waals surface area (Å²) in [6.07, 6.45) is 1.86. The van der Waals surface area contributed by atoms with Crippen LogP contribution in [0.5, 0.6) is 0 Å². The first kappa shape index (κ1) is 12.6. The minimum absolute atomic E-state index is 0.0838. The molecule has 0 amide bonds. The van der Waals surface area contributed by atoms with Gasteiger partial charge in [0.25, 0.3) is 5.95 Å². The SMILES string of the molecule is CCO/C(O)=C\N1[Si](C)(C)CC[Si]1(C)C. The fourth-order valence-corrected chi connectivity index (χ4v) is 15.8. The molecule has 88 valence electrons. The number of aliphatic hydroxyl groups is 1. The molecule has 1 saturated heterocycles. The molecule has 0 unspecified atom stereocenters. The molecule has 0 spiro atoms. The molecular weight excluding hydrogens is 222 g/mol. The molecule has 1 aliphatic heterocycles. The lowest BCUT2D eigenvalue weighted by Gasteiger charge is -2.37. The van der Waals surface area contributed by atoms with Crippen LogP contribution in [0, 0.1) is 0 Å². The quantitative estimate of drug-likeness (QED) is 0.612. The van der Waals surface area contributed by atoms with Crippen molar-refractivity contribution in [3.05, 3.63) is 12.1 Å². The Morgan fingerprint density at radius 3 is 2.13 bits per heavy atom. The molecule has 0 aromatic heterocycles. The Balaban J connectivity index is 2.85. The molecule has 0 aromatic rings. The van der Waals surface area contributed by atoms with Gasteiger partial charge in [0.05, 0.1) is 12.8 Å². The van der Waals surface area contributed by atoms with Crippen LogP contribution < -0.4 is 0 Å². The zero-order valence-electron chi connectivity index (χ0n) is 10.5. The van der Waals surface area contributed by atoms with Crippen molar-refractivity contribution < 1.29 is 9.84 Å². The van der Waals surface area contributed by atoms with E-state index < -0.39 is 16.5 Å². The second kappa shape index (κ2) is 4.21. The van der Waals surface area contributed by atoms with E-state index in [4.69, 9.17) is 4.74 Å². The molecule has 1 fully saturated rings. The molecule has 0 radical (unpaired) electrons. The highest BCUT2D eigenvalue weighted by Gasteiger charge is 2.46. The molecule has 15 heavy (non-hydrogen) atoms. The van der Waals surface area contributed by atoms with Crippen LogP contribution in [0.3, 0.4) is 0 Å². The molecule has 5 heteroatoms. The van der Waals surface area contributed by atoms with Gasteiger partial charge in [-0.15, -0.1) is 0 Å². The van der Waals surface area contributed by atoms with Crippen LogP contribution in [-0.2, 0) is 4.74 Å². The number of hydrogen-bond acceptors (Lipinski definition) is 3. The van der Waals surface area contributed by atoms with Crippen molar-refractivity contribution in [1.29, 1.82) is 0 Å². The van der Waals surface area contributed by atoms with Gasteiger partial charge in [-0.1, -0.05) is 26.2 Å². The average molecular weight is 245 g/mol. The molecule has 0 bridgehead atoms. The Hall–Kier alpha value is -0.426. The summed E-state index contributed by atoms with van der Waals surface area (Å²) in [4.78, 5) is 0. The van der Waals surface area contributed by atoms with Crippen LogP contribution in [-0.4, -0.2) is 32.4 Å². The maximum atomic E-state index is 9.62. The number of aliphatic hydroxyl groups excluding tert-OH is 1. The highest BCUT2D eigenvalue weighted by molar-refractivity contribution is 6.95. The van der Waals surface area contributed by atoms with Gasteiger partial charge in [0.2, 0.25) is 0 Å². The second-order valence-corrected chi connectivity index (χ2v) is 15.1. The fraction of sp³-hybridized carbons (Fsp3) is 0.800. The lowest BCUT2D eigenvalue weighted by Crippen LogP contribution is -2.51. The van der Waals surface area contributed by atoms with Crippen molar-refractivity contribution in [2.45, 2.75) is 45.2 Å². The fourth-order valence-electron chi connectivity index (χ4n) is 2.32. The van der Waals surface area contributed by atoms with E-state index in [0.29, 0.717) is 6.61 Å². The zero-order chi connectivity index (χ0) is 11.7. The Labute approximate surface area is 94.9 Å². The van der Waals surface area contributed by atoms with Crippen LogP contribution in [0.15, 0.2) is 12.1 Å². The molecule has 0 saturated carbocycles. The molecule has 1 aliphatic rings. The van der Waals surface area contributed by atoms with E-state index in [1.54, 1.807) is 0 Å². The van der Waals surface area contributed by atoms with Gasteiger partial charge >= 0.3 is 0 Å².